The van der Waals surface area contributed by atoms with Gasteiger partial charge in [0.05, 0.1) is 11.4 Å². The molecule has 1 aliphatic carbocycles. The molecule has 5 nitrogen and oxygen atoms in total. The molecule has 1 heterocycles. The molecule has 1 unspecified atom stereocenters. The van der Waals surface area contributed by atoms with Crippen molar-refractivity contribution in [3.05, 3.63) is 0 Å². The highest BCUT2D eigenvalue weighted by atomic mass is 16.7. The first-order chi connectivity index (χ1) is 7.51. The van der Waals surface area contributed by atoms with Crippen LogP contribution in [0, 0.1) is 5.92 Å². The van der Waals surface area contributed by atoms with Crippen LogP contribution in [0.5, 0.6) is 0 Å². The first-order valence-corrected chi connectivity index (χ1v) is 5.49. The average molecular weight is 224 g/mol. The molecule has 5 heteroatoms. The topological polar surface area (TPSA) is 60.2 Å². The van der Waals surface area contributed by atoms with E-state index in [4.69, 9.17) is 9.68 Å². The fourth-order valence-corrected chi connectivity index (χ4v) is 1.63. The van der Waals surface area contributed by atoms with Crippen molar-refractivity contribution in [2.45, 2.75) is 45.6 Å². The van der Waals surface area contributed by atoms with Gasteiger partial charge in [0.2, 0.25) is 5.60 Å². The molecule has 1 atom stereocenters. The van der Waals surface area contributed by atoms with E-state index in [2.05, 4.69) is 10.3 Å². The lowest BCUT2D eigenvalue weighted by Gasteiger charge is -2.16. The Labute approximate surface area is 94.5 Å². The zero-order chi connectivity index (χ0) is 11.8. The Kier molecular flexibility index (Phi) is 2.69. The van der Waals surface area contributed by atoms with Crippen LogP contribution in [0.25, 0.3) is 0 Å². The Hall–Kier alpha value is -1.39. The van der Waals surface area contributed by atoms with E-state index in [1.54, 1.807) is 6.92 Å². The minimum atomic E-state index is -1.00. The predicted octanol–water partition coefficient (Wildman–Crippen LogP) is 1.87. The first kappa shape index (κ1) is 11.1. The van der Waals surface area contributed by atoms with E-state index in [1.807, 2.05) is 13.8 Å². The van der Waals surface area contributed by atoms with Crippen LogP contribution in [0.15, 0.2) is 10.3 Å². The van der Waals surface area contributed by atoms with Gasteiger partial charge in [-0.3, -0.25) is 0 Å². The SMILES string of the molecule is CC1=NOC(C)(C(=O)O/N=C(\C)C2CC2)C1. The van der Waals surface area contributed by atoms with E-state index >= 15 is 0 Å². The molecule has 16 heavy (non-hydrogen) atoms. The second-order valence-corrected chi connectivity index (χ2v) is 4.71. The molecule has 0 amide bonds. The summed E-state index contributed by atoms with van der Waals surface area (Å²) in [6.45, 7) is 5.36. The first-order valence-electron chi connectivity index (χ1n) is 5.49. The van der Waals surface area contributed by atoms with Crippen molar-refractivity contribution in [3.8, 4) is 0 Å². The Morgan fingerprint density at radius 2 is 2.31 bits per heavy atom. The van der Waals surface area contributed by atoms with Gasteiger partial charge in [-0.2, -0.15) is 0 Å². The van der Waals surface area contributed by atoms with Crippen molar-refractivity contribution >= 4 is 17.4 Å². The lowest BCUT2D eigenvalue weighted by atomic mass is 10.0. The van der Waals surface area contributed by atoms with Crippen LogP contribution >= 0.6 is 0 Å². The fourth-order valence-electron chi connectivity index (χ4n) is 1.63. The largest absolute Gasteiger partial charge is 0.381 e. The van der Waals surface area contributed by atoms with Gasteiger partial charge >= 0.3 is 5.97 Å². The van der Waals surface area contributed by atoms with Gasteiger partial charge in [-0.25, -0.2) is 4.79 Å². The molecule has 2 rings (SSSR count). The summed E-state index contributed by atoms with van der Waals surface area (Å²) in [5.74, 6) is 0.0242. The Morgan fingerprint density at radius 1 is 1.62 bits per heavy atom. The molecule has 0 saturated heterocycles. The second kappa shape index (κ2) is 3.88. The van der Waals surface area contributed by atoms with Crippen LogP contribution in [0.3, 0.4) is 0 Å². The van der Waals surface area contributed by atoms with E-state index in [0.717, 1.165) is 24.3 Å². The fraction of sp³-hybridized carbons (Fsp3) is 0.727. The Balaban J connectivity index is 1.90. The number of hydrogen-bond donors (Lipinski definition) is 0. The van der Waals surface area contributed by atoms with Crippen molar-refractivity contribution in [3.63, 3.8) is 0 Å². The highest BCUT2D eigenvalue weighted by molar-refractivity contribution is 5.92. The van der Waals surface area contributed by atoms with Crippen LogP contribution < -0.4 is 0 Å². The molecular formula is C11H16N2O3. The number of carbonyl (C=O) groups excluding carboxylic acids is 1. The zero-order valence-electron chi connectivity index (χ0n) is 9.82. The van der Waals surface area contributed by atoms with E-state index in [0.29, 0.717) is 12.3 Å². The van der Waals surface area contributed by atoms with Crippen LogP contribution in [0.2, 0.25) is 0 Å². The average Bonchev–Trinajstić information content (AvgIpc) is 3.02. The van der Waals surface area contributed by atoms with E-state index < -0.39 is 11.6 Å². The lowest BCUT2D eigenvalue weighted by molar-refractivity contribution is -0.167. The van der Waals surface area contributed by atoms with Crippen molar-refractivity contribution in [2.75, 3.05) is 0 Å². The summed E-state index contributed by atoms with van der Waals surface area (Å²) in [4.78, 5) is 21.7. The van der Waals surface area contributed by atoms with Crippen LogP contribution in [-0.2, 0) is 14.5 Å². The minimum Gasteiger partial charge on any atom is -0.377 e. The van der Waals surface area contributed by atoms with Gasteiger partial charge in [-0.1, -0.05) is 10.3 Å². The summed E-state index contributed by atoms with van der Waals surface area (Å²) >= 11 is 0. The number of nitrogens with zero attached hydrogens (tertiary/aromatic N) is 2. The summed E-state index contributed by atoms with van der Waals surface area (Å²) in [6.07, 6.45) is 2.75. The van der Waals surface area contributed by atoms with Gasteiger partial charge in [0.15, 0.2) is 0 Å². The molecule has 88 valence electrons. The normalized spacial score (nSPS) is 29.7. The molecule has 0 aromatic rings. The van der Waals surface area contributed by atoms with E-state index in [9.17, 15) is 4.79 Å². The highest BCUT2D eigenvalue weighted by Gasteiger charge is 2.43. The van der Waals surface area contributed by atoms with E-state index in [1.165, 1.54) is 0 Å². The molecule has 0 bridgehead atoms. The molecule has 0 N–H and O–H groups in total. The quantitative estimate of drug-likeness (QED) is 0.417. The third-order valence-corrected chi connectivity index (χ3v) is 2.87. The second-order valence-electron chi connectivity index (χ2n) is 4.71. The van der Waals surface area contributed by atoms with Gasteiger partial charge in [-0.05, 0) is 33.6 Å². The molecule has 2 aliphatic rings. The Morgan fingerprint density at radius 3 is 2.81 bits per heavy atom. The number of oxime groups is 2. The van der Waals surface area contributed by atoms with Crippen molar-refractivity contribution in [2.24, 2.45) is 16.2 Å². The summed E-state index contributed by atoms with van der Waals surface area (Å²) in [7, 11) is 0. The van der Waals surface area contributed by atoms with Gasteiger partial charge < -0.3 is 9.68 Å². The predicted molar refractivity (Wildman–Crippen MR) is 59.1 cm³/mol. The molecule has 1 fully saturated rings. The maximum absolute atomic E-state index is 11.7. The lowest BCUT2D eigenvalue weighted by Crippen LogP contribution is -2.36. The summed E-state index contributed by atoms with van der Waals surface area (Å²) in [6, 6.07) is 0. The molecular weight excluding hydrogens is 208 g/mol. The maximum atomic E-state index is 11.7. The van der Waals surface area contributed by atoms with Gasteiger partial charge in [0.1, 0.15) is 0 Å². The molecule has 1 aliphatic heterocycles. The smallest absolute Gasteiger partial charge is 0.377 e. The standard InChI is InChI=1S/C11H16N2O3/c1-7-6-11(3,16-12-7)10(14)15-13-8(2)9-4-5-9/h9H,4-6H2,1-3H3/b13-8+. The molecule has 1 saturated carbocycles. The monoisotopic (exact) mass is 224 g/mol. The van der Waals surface area contributed by atoms with Crippen molar-refractivity contribution in [1.82, 2.24) is 0 Å². The van der Waals surface area contributed by atoms with Gasteiger partial charge in [0.25, 0.3) is 0 Å². The molecule has 0 spiro atoms. The summed E-state index contributed by atoms with van der Waals surface area (Å²) in [5.41, 5.74) is 0.673. The highest BCUT2D eigenvalue weighted by Crippen LogP contribution is 2.31. The Bertz CT molecular complexity index is 371. The zero-order valence-corrected chi connectivity index (χ0v) is 9.82. The van der Waals surface area contributed by atoms with Gasteiger partial charge in [0, 0.05) is 12.3 Å². The third kappa shape index (κ3) is 2.23. The van der Waals surface area contributed by atoms with Gasteiger partial charge in [-0.15, -0.1) is 0 Å². The summed E-state index contributed by atoms with van der Waals surface area (Å²) in [5, 5.41) is 7.59. The van der Waals surface area contributed by atoms with Crippen molar-refractivity contribution < 1.29 is 14.5 Å². The molecule has 0 radical (unpaired) electrons. The molecule has 0 aromatic carbocycles. The number of hydrogen-bond acceptors (Lipinski definition) is 5. The number of rotatable bonds is 3. The van der Waals surface area contributed by atoms with Crippen molar-refractivity contribution in [1.29, 1.82) is 0 Å². The van der Waals surface area contributed by atoms with Crippen LogP contribution in [-0.4, -0.2) is 23.0 Å². The molecule has 0 aromatic heterocycles. The van der Waals surface area contributed by atoms with E-state index in [-0.39, 0.29) is 0 Å². The summed E-state index contributed by atoms with van der Waals surface area (Å²) < 4.78 is 0. The maximum Gasteiger partial charge on any atom is 0.381 e. The third-order valence-electron chi connectivity index (χ3n) is 2.87. The minimum absolute atomic E-state index is 0.462. The number of carbonyl (C=O) groups is 1. The van der Waals surface area contributed by atoms with Crippen LogP contribution in [0.1, 0.15) is 40.0 Å². The van der Waals surface area contributed by atoms with Crippen LogP contribution in [0.4, 0.5) is 0 Å².